The lowest BCUT2D eigenvalue weighted by molar-refractivity contribution is -0.151. The quantitative estimate of drug-likeness (QED) is 0.793. The summed E-state index contributed by atoms with van der Waals surface area (Å²) in [4.78, 5) is 12.2. The molecular weight excluding hydrogens is 266 g/mol. The number of nitrogens with one attached hydrogen (secondary N) is 1. The van der Waals surface area contributed by atoms with E-state index < -0.39 is 5.54 Å². The molecule has 1 N–H and O–H groups in total. The summed E-state index contributed by atoms with van der Waals surface area (Å²) in [6, 6.07) is 0. The minimum Gasteiger partial charge on any atom is -0.465 e. The number of hydrogen-bond donors (Lipinski definition) is 1. The molecule has 0 radical (unpaired) electrons. The van der Waals surface area contributed by atoms with Gasteiger partial charge >= 0.3 is 5.97 Å². The van der Waals surface area contributed by atoms with E-state index in [4.69, 9.17) is 9.47 Å². The van der Waals surface area contributed by atoms with Crippen LogP contribution in [0.4, 0.5) is 0 Å². The third-order valence-corrected chi connectivity index (χ3v) is 5.55. The number of carbonyl (C=O) groups excluding carboxylic acids is 1. The Morgan fingerprint density at radius 1 is 1.19 bits per heavy atom. The molecule has 0 aromatic carbocycles. The highest BCUT2D eigenvalue weighted by atomic mass is 16.5. The summed E-state index contributed by atoms with van der Waals surface area (Å²) < 4.78 is 11.5. The molecule has 0 spiro atoms. The first kappa shape index (κ1) is 16.8. The summed E-state index contributed by atoms with van der Waals surface area (Å²) in [5.41, 5.74) is -0.533. The molecule has 5 unspecified atom stereocenters. The predicted molar refractivity (Wildman–Crippen MR) is 83.1 cm³/mol. The SMILES string of the molecule is CCOC(=O)C1(NC)CCC(OC2CCC(C)C(C)C2)C1. The standard InChI is InChI=1S/C17H31NO3/c1-5-20-16(19)17(18-4)9-8-15(11-17)21-14-7-6-12(2)13(3)10-14/h12-15,18H,5-11H2,1-4H3. The van der Waals surface area contributed by atoms with Crippen molar-refractivity contribution in [3.63, 3.8) is 0 Å². The number of likely N-dealkylation sites (N-methyl/N-ethyl adjacent to an activating group) is 1. The van der Waals surface area contributed by atoms with Crippen molar-refractivity contribution in [1.29, 1.82) is 0 Å². The number of ether oxygens (including phenoxy) is 2. The lowest BCUT2D eigenvalue weighted by atomic mass is 9.80. The van der Waals surface area contributed by atoms with Crippen LogP contribution in [0.15, 0.2) is 0 Å². The van der Waals surface area contributed by atoms with Crippen LogP contribution in [0.5, 0.6) is 0 Å². The molecule has 0 saturated heterocycles. The van der Waals surface area contributed by atoms with Gasteiger partial charge in [0.25, 0.3) is 0 Å². The van der Waals surface area contributed by atoms with E-state index in [-0.39, 0.29) is 12.1 Å². The van der Waals surface area contributed by atoms with Crippen LogP contribution in [0.2, 0.25) is 0 Å². The van der Waals surface area contributed by atoms with Crippen LogP contribution < -0.4 is 5.32 Å². The maximum Gasteiger partial charge on any atom is 0.326 e. The third kappa shape index (κ3) is 3.78. The minimum absolute atomic E-state index is 0.121. The van der Waals surface area contributed by atoms with Crippen molar-refractivity contribution >= 4 is 5.97 Å². The summed E-state index contributed by atoms with van der Waals surface area (Å²) in [6.45, 7) is 6.95. The maximum absolute atomic E-state index is 12.2. The van der Waals surface area contributed by atoms with Crippen molar-refractivity contribution in [2.24, 2.45) is 11.8 Å². The van der Waals surface area contributed by atoms with E-state index in [9.17, 15) is 4.79 Å². The van der Waals surface area contributed by atoms with Gasteiger partial charge in [-0.1, -0.05) is 13.8 Å². The largest absolute Gasteiger partial charge is 0.465 e. The van der Waals surface area contributed by atoms with Crippen molar-refractivity contribution in [3.8, 4) is 0 Å². The van der Waals surface area contributed by atoms with Gasteiger partial charge in [0.15, 0.2) is 0 Å². The number of hydrogen-bond acceptors (Lipinski definition) is 4. The molecule has 2 fully saturated rings. The van der Waals surface area contributed by atoms with Gasteiger partial charge in [0.2, 0.25) is 0 Å². The van der Waals surface area contributed by atoms with E-state index in [0.717, 1.165) is 43.9 Å². The fourth-order valence-corrected chi connectivity index (χ4v) is 3.79. The molecule has 2 saturated carbocycles. The second-order valence-electron chi connectivity index (χ2n) is 6.94. The average molecular weight is 297 g/mol. The van der Waals surface area contributed by atoms with Gasteiger partial charge in [-0.05, 0) is 57.9 Å². The van der Waals surface area contributed by atoms with E-state index in [1.54, 1.807) is 0 Å². The van der Waals surface area contributed by atoms with Gasteiger partial charge in [-0.25, -0.2) is 0 Å². The highest BCUT2D eigenvalue weighted by molar-refractivity contribution is 5.81. The second-order valence-corrected chi connectivity index (χ2v) is 6.94. The summed E-state index contributed by atoms with van der Waals surface area (Å²) >= 11 is 0. The van der Waals surface area contributed by atoms with E-state index >= 15 is 0 Å². The first-order valence-corrected chi connectivity index (χ1v) is 8.52. The van der Waals surface area contributed by atoms with Gasteiger partial charge in [0, 0.05) is 6.42 Å². The predicted octanol–water partition coefficient (Wildman–Crippen LogP) is 2.90. The molecule has 0 amide bonds. The Morgan fingerprint density at radius 3 is 2.57 bits per heavy atom. The summed E-state index contributed by atoms with van der Waals surface area (Å²) in [7, 11) is 1.85. The lowest BCUT2D eigenvalue weighted by Gasteiger charge is -2.34. The van der Waals surface area contributed by atoms with Gasteiger partial charge in [-0.3, -0.25) is 4.79 Å². The molecule has 122 valence electrons. The number of rotatable bonds is 5. The second kappa shape index (κ2) is 7.10. The summed E-state index contributed by atoms with van der Waals surface area (Å²) in [6.07, 6.45) is 6.63. The van der Waals surface area contributed by atoms with Gasteiger partial charge < -0.3 is 14.8 Å². The molecule has 0 aliphatic heterocycles. The monoisotopic (exact) mass is 297 g/mol. The molecule has 2 rings (SSSR count). The molecule has 4 heteroatoms. The highest BCUT2D eigenvalue weighted by Gasteiger charge is 2.46. The Morgan fingerprint density at radius 2 is 1.95 bits per heavy atom. The number of carbonyl (C=O) groups is 1. The maximum atomic E-state index is 12.2. The van der Waals surface area contributed by atoms with Crippen LogP contribution in [0.3, 0.4) is 0 Å². The van der Waals surface area contributed by atoms with E-state index in [0.29, 0.717) is 12.7 Å². The van der Waals surface area contributed by atoms with Crippen LogP contribution in [0.25, 0.3) is 0 Å². The fourth-order valence-electron chi connectivity index (χ4n) is 3.79. The van der Waals surface area contributed by atoms with Crippen LogP contribution in [-0.2, 0) is 14.3 Å². The molecule has 2 aliphatic carbocycles. The van der Waals surface area contributed by atoms with Crippen LogP contribution >= 0.6 is 0 Å². The van der Waals surface area contributed by atoms with Gasteiger partial charge in [0.05, 0.1) is 18.8 Å². The summed E-state index contributed by atoms with van der Waals surface area (Å²) in [5.74, 6) is 1.43. The van der Waals surface area contributed by atoms with E-state index in [1.165, 1.54) is 6.42 Å². The first-order valence-electron chi connectivity index (χ1n) is 8.52. The molecule has 4 nitrogen and oxygen atoms in total. The van der Waals surface area contributed by atoms with Gasteiger partial charge in [0.1, 0.15) is 5.54 Å². The fraction of sp³-hybridized carbons (Fsp3) is 0.941. The molecular formula is C17H31NO3. The molecule has 0 aromatic rings. The normalized spacial score (nSPS) is 40.2. The zero-order chi connectivity index (χ0) is 15.5. The molecule has 0 heterocycles. The minimum atomic E-state index is -0.533. The average Bonchev–Trinajstić information content (AvgIpc) is 2.88. The third-order valence-electron chi connectivity index (χ3n) is 5.55. The van der Waals surface area contributed by atoms with Crippen LogP contribution in [0, 0.1) is 11.8 Å². The van der Waals surface area contributed by atoms with Crippen molar-refractivity contribution in [3.05, 3.63) is 0 Å². The van der Waals surface area contributed by atoms with Crippen molar-refractivity contribution < 1.29 is 14.3 Å². The zero-order valence-corrected chi connectivity index (χ0v) is 14.0. The molecule has 21 heavy (non-hydrogen) atoms. The van der Waals surface area contributed by atoms with Gasteiger partial charge in [-0.2, -0.15) is 0 Å². The number of esters is 1. The summed E-state index contributed by atoms with van der Waals surface area (Å²) in [5, 5.41) is 3.19. The highest BCUT2D eigenvalue weighted by Crippen LogP contribution is 2.37. The Hall–Kier alpha value is -0.610. The molecule has 0 aromatic heterocycles. The Kier molecular flexibility index (Phi) is 5.67. The van der Waals surface area contributed by atoms with E-state index in [2.05, 4.69) is 19.2 Å². The Balaban J connectivity index is 1.88. The van der Waals surface area contributed by atoms with Crippen molar-refractivity contribution in [2.75, 3.05) is 13.7 Å². The molecule has 2 aliphatic rings. The first-order chi connectivity index (χ1) is 10.0. The molecule has 0 bridgehead atoms. The topological polar surface area (TPSA) is 47.6 Å². The van der Waals surface area contributed by atoms with Crippen molar-refractivity contribution in [2.45, 2.75) is 77.0 Å². The van der Waals surface area contributed by atoms with Crippen LogP contribution in [-0.4, -0.2) is 37.4 Å². The Bertz CT molecular complexity index is 360. The van der Waals surface area contributed by atoms with Crippen LogP contribution in [0.1, 0.15) is 59.3 Å². The molecule has 5 atom stereocenters. The smallest absolute Gasteiger partial charge is 0.326 e. The zero-order valence-electron chi connectivity index (χ0n) is 14.0. The lowest BCUT2D eigenvalue weighted by Crippen LogP contribution is -2.49. The van der Waals surface area contributed by atoms with Crippen molar-refractivity contribution in [1.82, 2.24) is 5.32 Å². The van der Waals surface area contributed by atoms with Gasteiger partial charge in [-0.15, -0.1) is 0 Å². The van der Waals surface area contributed by atoms with E-state index in [1.807, 2.05) is 14.0 Å². The Labute approximate surface area is 129 Å².